The van der Waals surface area contributed by atoms with E-state index in [9.17, 15) is 9.50 Å². The van der Waals surface area contributed by atoms with Gasteiger partial charge in [0.25, 0.3) is 0 Å². The van der Waals surface area contributed by atoms with E-state index in [0.717, 1.165) is 5.56 Å². The molecule has 1 fully saturated rings. The number of aliphatic hydroxyl groups is 1. The first-order valence-electron chi connectivity index (χ1n) is 6.80. The SMILES string of the molecule is CC(C)(O)CCOc1cc(F)cc(CNC2CC2)c1. The van der Waals surface area contributed by atoms with Crippen LogP contribution in [0, 0.1) is 5.82 Å². The predicted molar refractivity (Wildman–Crippen MR) is 72.7 cm³/mol. The summed E-state index contributed by atoms with van der Waals surface area (Å²) in [6, 6.07) is 5.36. The van der Waals surface area contributed by atoms with Gasteiger partial charge in [-0.3, -0.25) is 0 Å². The highest BCUT2D eigenvalue weighted by Crippen LogP contribution is 2.21. The van der Waals surface area contributed by atoms with Gasteiger partial charge in [0, 0.05) is 25.1 Å². The lowest BCUT2D eigenvalue weighted by Crippen LogP contribution is -2.21. The topological polar surface area (TPSA) is 41.5 Å². The number of ether oxygens (including phenoxy) is 1. The quantitative estimate of drug-likeness (QED) is 0.798. The Kier molecular flexibility index (Phi) is 4.42. The Morgan fingerprint density at radius 1 is 1.37 bits per heavy atom. The molecule has 1 aliphatic carbocycles. The molecule has 4 heteroatoms. The van der Waals surface area contributed by atoms with Gasteiger partial charge in [-0.25, -0.2) is 4.39 Å². The molecule has 2 N–H and O–H groups in total. The first kappa shape index (κ1) is 14.3. The molecule has 0 bridgehead atoms. The molecule has 106 valence electrons. The smallest absolute Gasteiger partial charge is 0.127 e. The van der Waals surface area contributed by atoms with E-state index >= 15 is 0 Å². The van der Waals surface area contributed by atoms with Gasteiger partial charge in [0.2, 0.25) is 0 Å². The molecule has 0 unspecified atom stereocenters. The lowest BCUT2D eigenvalue weighted by molar-refractivity contribution is 0.0553. The van der Waals surface area contributed by atoms with E-state index in [2.05, 4.69) is 5.32 Å². The molecule has 1 aliphatic rings. The van der Waals surface area contributed by atoms with Crippen molar-refractivity contribution in [3.63, 3.8) is 0 Å². The van der Waals surface area contributed by atoms with Crippen molar-refractivity contribution in [2.45, 2.75) is 51.3 Å². The van der Waals surface area contributed by atoms with Gasteiger partial charge in [0.15, 0.2) is 0 Å². The van der Waals surface area contributed by atoms with E-state index in [1.165, 1.54) is 25.0 Å². The average Bonchev–Trinajstić information content (AvgIpc) is 3.07. The summed E-state index contributed by atoms with van der Waals surface area (Å²) in [6.45, 7) is 4.51. The fourth-order valence-electron chi connectivity index (χ4n) is 1.77. The number of halogens is 1. The molecule has 0 aromatic heterocycles. The Balaban J connectivity index is 1.87. The molecule has 0 spiro atoms. The van der Waals surface area contributed by atoms with Crippen LogP contribution in [0.3, 0.4) is 0 Å². The number of nitrogens with one attached hydrogen (secondary N) is 1. The molecule has 0 aliphatic heterocycles. The highest BCUT2D eigenvalue weighted by atomic mass is 19.1. The summed E-state index contributed by atoms with van der Waals surface area (Å²) >= 11 is 0. The van der Waals surface area contributed by atoms with Crippen LogP contribution in [0.15, 0.2) is 18.2 Å². The van der Waals surface area contributed by atoms with Crippen LogP contribution < -0.4 is 10.1 Å². The minimum atomic E-state index is -0.760. The summed E-state index contributed by atoms with van der Waals surface area (Å²) in [5, 5.41) is 12.9. The minimum Gasteiger partial charge on any atom is -0.493 e. The Labute approximate surface area is 113 Å². The summed E-state index contributed by atoms with van der Waals surface area (Å²) in [5.74, 6) is 0.241. The maximum absolute atomic E-state index is 13.5. The van der Waals surface area contributed by atoms with Crippen LogP contribution in [0.25, 0.3) is 0 Å². The third kappa shape index (κ3) is 5.57. The van der Waals surface area contributed by atoms with E-state index in [-0.39, 0.29) is 5.82 Å². The molecule has 1 aromatic carbocycles. The Bertz CT molecular complexity index is 425. The van der Waals surface area contributed by atoms with Crippen LogP contribution in [-0.4, -0.2) is 23.4 Å². The summed E-state index contributed by atoms with van der Waals surface area (Å²) in [6.07, 6.45) is 2.94. The van der Waals surface area contributed by atoms with Crippen molar-refractivity contribution in [3.05, 3.63) is 29.6 Å². The van der Waals surface area contributed by atoms with Crippen molar-refractivity contribution in [3.8, 4) is 5.75 Å². The van der Waals surface area contributed by atoms with Crippen molar-refractivity contribution >= 4 is 0 Å². The van der Waals surface area contributed by atoms with E-state index < -0.39 is 5.60 Å². The van der Waals surface area contributed by atoms with Crippen molar-refractivity contribution in [2.24, 2.45) is 0 Å². The standard InChI is InChI=1S/C15H22FNO2/c1-15(2,18)5-6-19-14-8-11(7-12(16)9-14)10-17-13-3-4-13/h7-9,13,17-18H,3-6,10H2,1-2H3. The molecule has 0 saturated heterocycles. The van der Waals surface area contributed by atoms with Gasteiger partial charge < -0.3 is 15.2 Å². The lowest BCUT2D eigenvalue weighted by Gasteiger charge is -2.17. The molecule has 0 amide bonds. The van der Waals surface area contributed by atoms with Crippen LogP contribution in [0.1, 0.15) is 38.7 Å². The minimum absolute atomic E-state index is 0.284. The van der Waals surface area contributed by atoms with Crippen molar-refractivity contribution in [1.82, 2.24) is 5.32 Å². The van der Waals surface area contributed by atoms with Gasteiger partial charge in [-0.1, -0.05) is 0 Å². The summed E-state index contributed by atoms with van der Waals surface area (Å²) in [7, 11) is 0. The monoisotopic (exact) mass is 267 g/mol. The summed E-state index contributed by atoms with van der Waals surface area (Å²) in [4.78, 5) is 0. The number of hydrogen-bond acceptors (Lipinski definition) is 3. The first-order valence-corrected chi connectivity index (χ1v) is 6.80. The second kappa shape index (κ2) is 5.88. The van der Waals surface area contributed by atoms with Gasteiger partial charge >= 0.3 is 0 Å². The maximum Gasteiger partial charge on any atom is 0.127 e. The van der Waals surface area contributed by atoms with E-state index in [4.69, 9.17) is 4.74 Å². The summed E-state index contributed by atoms with van der Waals surface area (Å²) in [5.41, 5.74) is 0.133. The second-order valence-electron chi connectivity index (χ2n) is 5.86. The molecule has 0 radical (unpaired) electrons. The number of hydrogen-bond donors (Lipinski definition) is 2. The van der Waals surface area contributed by atoms with Gasteiger partial charge in [-0.2, -0.15) is 0 Å². The fraction of sp³-hybridized carbons (Fsp3) is 0.600. The van der Waals surface area contributed by atoms with Crippen LogP contribution >= 0.6 is 0 Å². The Morgan fingerprint density at radius 2 is 2.11 bits per heavy atom. The Hall–Kier alpha value is -1.13. The van der Waals surface area contributed by atoms with Gasteiger partial charge in [0.1, 0.15) is 11.6 Å². The normalized spacial score (nSPS) is 15.6. The van der Waals surface area contributed by atoms with E-state index in [1.54, 1.807) is 13.8 Å². The van der Waals surface area contributed by atoms with Crippen LogP contribution in [0.2, 0.25) is 0 Å². The zero-order valence-electron chi connectivity index (χ0n) is 11.6. The molecular weight excluding hydrogens is 245 g/mol. The van der Waals surface area contributed by atoms with Crippen molar-refractivity contribution in [2.75, 3.05) is 6.61 Å². The largest absolute Gasteiger partial charge is 0.493 e. The molecule has 0 heterocycles. The van der Waals surface area contributed by atoms with Crippen molar-refractivity contribution < 1.29 is 14.2 Å². The Morgan fingerprint density at radius 3 is 2.74 bits per heavy atom. The number of rotatable bonds is 7. The summed E-state index contributed by atoms with van der Waals surface area (Å²) < 4.78 is 19.0. The van der Waals surface area contributed by atoms with Gasteiger partial charge in [-0.05, 0) is 44.4 Å². The van der Waals surface area contributed by atoms with Crippen molar-refractivity contribution in [1.29, 1.82) is 0 Å². The molecule has 1 saturated carbocycles. The van der Waals surface area contributed by atoms with Gasteiger partial charge in [0.05, 0.1) is 12.2 Å². The van der Waals surface area contributed by atoms with E-state index in [0.29, 0.717) is 31.4 Å². The van der Waals surface area contributed by atoms with Gasteiger partial charge in [-0.15, -0.1) is 0 Å². The van der Waals surface area contributed by atoms with Crippen LogP contribution in [0.4, 0.5) is 4.39 Å². The van der Waals surface area contributed by atoms with Crippen LogP contribution in [-0.2, 0) is 6.54 Å². The zero-order valence-corrected chi connectivity index (χ0v) is 11.6. The highest BCUT2D eigenvalue weighted by molar-refractivity contribution is 5.29. The maximum atomic E-state index is 13.5. The van der Waals surface area contributed by atoms with Crippen LogP contribution in [0.5, 0.6) is 5.75 Å². The van der Waals surface area contributed by atoms with E-state index in [1.807, 2.05) is 6.07 Å². The molecule has 1 aromatic rings. The number of benzene rings is 1. The average molecular weight is 267 g/mol. The molecule has 3 nitrogen and oxygen atoms in total. The predicted octanol–water partition coefficient (Wildman–Crippen LogP) is 2.62. The molecule has 2 rings (SSSR count). The fourth-order valence-corrected chi connectivity index (χ4v) is 1.77. The third-order valence-corrected chi connectivity index (χ3v) is 3.09. The second-order valence-corrected chi connectivity index (χ2v) is 5.86. The molecular formula is C15H22FNO2. The molecule has 0 atom stereocenters. The third-order valence-electron chi connectivity index (χ3n) is 3.09. The first-order chi connectivity index (χ1) is 8.92. The zero-order chi connectivity index (χ0) is 13.9. The lowest BCUT2D eigenvalue weighted by atomic mass is 10.1. The molecule has 19 heavy (non-hydrogen) atoms. The highest BCUT2D eigenvalue weighted by Gasteiger charge is 2.20.